The van der Waals surface area contributed by atoms with Crippen LogP contribution >= 0.6 is 22.6 Å². The van der Waals surface area contributed by atoms with Gasteiger partial charge in [0.05, 0.1) is 13.2 Å². The van der Waals surface area contributed by atoms with Crippen molar-refractivity contribution in [2.45, 2.75) is 19.1 Å². The highest BCUT2D eigenvalue weighted by Gasteiger charge is 2.23. The van der Waals surface area contributed by atoms with Gasteiger partial charge in [0.1, 0.15) is 0 Å². The zero-order valence-corrected chi connectivity index (χ0v) is 12.3. The van der Waals surface area contributed by atoms with Crippen LogP contribution in [0.15, 0.2) is 12.3 Å². The number of halogens is 1. The third-order valence-corrected chi connectivity index (χ3v) is 4.11. The maximum absolute atomic E-state index is 5.38. The second-order valence-electron chi connectivity index (χ2n) is 4.16. The number of pyridine rings is 1. The number of nitrogens with zero attached hydrogens (tertiary/aromatic N) is 2. The summed E-state index contributed by atoms with van der Waals surface area (Å²) in [6.45, 7) is 2.95. The van der Waals surface area contributed by atoms with Gasteiger partial charge in [0.15, 0.2) is 0 Å². The van der Waals surface area contributed by atoms with Crippen LogP contribution < -0.4 is 4.74 Å². The molecule has 5 heteroatoms. The van der Waals surface area contributed by atoms with Gasteiger partial charge in [-0.05, 0) is 35.1 Å². The van der Waals surface area contributed by atoms with Crippen LogP contribution in [-0.4, -0.2) is 43.3 Å². The molecule has 0 aromatic carbocycles. The average Bonchev–Trinajstić information content (AvgIpc) is 2.79. The van der Waals surface area contributed by atoms with Crippen LogP contribution in [0.4, 0.5) is 0 Å². The Bertz CT molecular complexity index is 387. The van der Waals surface area contributed by atoms with Crippen molar-refractivity contribution in [2.75, 3.05) is 27.3 Å². The van der Waals surface area contributed by atoms with Crippen molar-refractivity contribution in [1.29, 1.82) is 0 Å². The van der Waals surface area contributed by atoms with Crippen molar-refractivity contribution >= 4 is 22.6 Å². The summed E-state index contributed by atoms with van der Waals surface area (Å²) in [6.07, 6.45) is 3.26. The van der Waals surface area contributed by atoms with Crippen molar-refractivity contribution in [3.63, 3.8) is 0 Å². The zero-order chi connectivity index (χ0) is 12.3. The van der Waals surface area contributed by atoms with E-state index in [-0.39, 0.29) is 0 Å². The molecule has 0 bridgehead atoms. The van der Waals surface area contributed by atoms with E-state index in [1.54, 1.807) is 20.4 Å². The molecule has 1 aromatic heterocycles. The Morgan fingerprint density at radius 3 is 3.00 bits per heavy atom. The van der Waals surface area contributed by atoms with Crippen molar-refractivity contribution in [3.05, 3.63) is 21.4 Å². The lowest BCUT2D eigenvalue weighted by Gasteiger charge is -2.18. The van der Waals surface area contributed by atoms with Gasteiger partial charge in [-0.25, -0.2) is 4.98 Å². The highest BCUT2D eigenvalue weighted by atomic mass is 127. The molecule has 1 aromatic rings. The Labute approximate surface area is 115 Å². The molecule has 4 nitrogen and oxygen atoms in total. The Morgan fingerprint density at radius 2 is 2.35 bits per heavy atom. The third-order valence-electron chi connectivity index (χ3n) is 3.10. The van der Waals surface area contributed by atoms with E-state index in [1.807, 2.05) is 6.07 Å². The Balaban J connectivity index is 2.08. The van der Waals surface area contributed by atoms with Crippen LogP contribution in [-0.2, 0) is 11.3 Å². The first-order chi connectivity index (χ1) is 8.24. The monoisotopic (exact) mass is 348 g/mol. The highest BCUT2D eigenvalue weighted by molar-refractivity contribution is 14.1. The Hall–Kier alpha value is -0.400. The number of likely N-dealkylation sites (tertiary alicyclic amines) is 1. The number of hydrogen-bond acceptors (Lipinski definition) is 4. The van der Waals surface area contributed by atoms with Gasteiger partial charge in [-0.1, -0.05) is 0 Å². The van der Waals surface area contributed by atoms with E-state index in [9.17, 15) is 0 Å². The normalized spacial score (nSPS) is 20.8. The zero-order valence-electron chi connectivity index (χ0n) is 10.1. The molecule has 2 rings (SSSR count). The molecular formula is C12H17IN2O2. The predicted molar refractivity (Wildman–Crippen MR) is 74.2 cm³/mol. The Morgan fingerprint density at radius 1 is 1.53 bits per heavy atom. The van der Waals surface area contributed by atoms with Gasteiger partial charge in [-0.3, -0.25) is 4.90 Å². The molecule has 0 aliphatic carbocycles. The minimum Gasteiger partial charge on any atom is -0.481 e. The van der Waals surface area contributed by atoms with Gasteiger partial charge in [-0.2, -0.15) is 0 Å². The fraction of sp³-hybridized carbons (Fsp3) is 0.583. The second-order valence-corrected chi connectivity index (χ2v) is 5.32. The minimum atomic E-state index is 0.371. The first-order valence-corrected chi connectivity index (χ1v) is 6.75. The van der Waals surface area contributed by atoms with E-state index in [4.69, 9.17) is 9.47 Å². The average molecular weight is 348 g/mol. The van der Waals surface area contributed by atoms with E-state index < -0.39 is 0 Å². The molecule has 0 radical (unpaired) electrons. The van der Waals surface area contributed by atoms with Crippen LogP contribution in [0.2, 0.25) is 0 Å². The first-order valence-electron chi connectivity index (χ1n) is 5.67. The molecule has 94 valence electrons. The van der Waals surface area contributed by atoms with Crippen LogP contribution in [0.25, 0.3) is 0 Å². The molecule has 0 spiro atoms. The first kappa shape index (κ1) is 13.0. The fourth-order valence-electron chi connectivity index (χ4n) is 2.13. The molecule has 17 heavy (non-hydrogen) atoms. The number of aromatic nitrogens is 1. The third kappa shape index (κ3) is 3.08. The SMILES string of the molecule is COc1nccc(I)c1CN1CCC(OC)C1. The van der Waals surface area contributed by atoms with E-state index >= 15 is 0 Å². The lowest BCUT2D eigenvalue weighted by atomic mass is 10.2. The molecule has 1 fully saturated rings. The van der Waals surface area contributed by atoms with Crippen LogP contribution in [0.3, 0.4) is 0 Å². The number of rotatable bonds is 4. The molecule has 1 unspecified atom stereocenters. The predicted octanol–water partition coefficient (Wildman–Crippen LogP) is 1.92. The molecule has 0 amide bonds. The number of methoxy groups -OCH3 is 2. The van der Waals surface area contributed by atoms with Gasteiger partial charge < -0.3 is 9.47 Å². The van der Waals surface area contributed by atoms with Crippen LogP contribution in [0, 0.1) is 3.57 Å². The molecule has 0 N–H and O–H groups in total. The largest absolute Gasteiger partial charge is 0.481 e. The lowest BCUT2D eigenvalue weighted by molar-refractivity contribution is 0.107. The van der Waals surface area contributed by atoms with E-state index in [0.29, 0.717) is 6.10 Å². The number of ether oxygens (including phenoxy) is 2. The van der Waals surface area contributed by atoms with Crippen molar-refractivity contribution in [3.8, 4) is 5.88 Å². The van der Waals surface area contributed by atoms with Gasteiger partial charge in [0, 0.05) is 42.1 Å². The smallest absolute Gasteiger partial charge is 0.218 e. The van der Waals surface area contributed by atoms with Gasteiger partial charge >= 0.3 is 0 Å². The summed E-state index contributed by atoms with van der Waals surface area (Å²) in [4.78, 5) is 6.64. The summed E-state index contributed by atoms with van der Waals surface area (Å²) in [6, 6.07) is 2.02. The maximum Gasteiger partial charge on any atom is 0.218 e. The van der Waals surface area contributed by atoms with E-state index in [0.717, 1.165) is 31.9 Å². The topological polar surface area (TPSA) is 34.6 Å². The van der Waals surface area contributed by atoms with E-state index in [1.165, 1.54) is 9.13 Å². The molecular weight excluding hydrogens is 331 g/mol. The van der Waals surface area contributed by atoms with Gasteiger partial charge in [0.25, 0.3) is 0 Å². The molecule has 1 atom stereocenters. The summed E-state index contributed by atoms with van der Waals surface area (Å²) >= 11 is 2.33. The maximum atomic E-state index is 5.38. The van der Waals surface area contributed by atoms with Crippen LogP contribution in [0.5, 0.6) is 5.88 Å². The quantitative estimate of drug-likeness (QED) is 0.779. The molecule has 1 aliphatic heterocycles. The molecule has 1 aliphatic rings. The summed E-state index contributed by atoms with van der Waals surface area (Å²) in [7, 11) is 3.45. The molecule has 0 saturated carbocycles. The van der Waals surface area contributed by atoms with Crippen LogP contribution in [0.1, 0.15) is 12.0 Å². The standard InChI is InChI=1S/C12H17IN2O2/c1-16-9-4-6-15(7-9)8-10-11(13)3-5-14-12(10)17-2/h3,5,9H,4,6-8H2,1-2H3. The second kappa shape index (κ2) is 5.97. The minimum absolute atomic E-state index is 0.371. The fourth-order valence-corrected chi connectivity index (χ4v) is 2.69. The lowest BCUT2D eigenvalue weighted by Crippen LogP contribution is -2.23. The highest BCUT2D eigenvalue weighted by Crippen LogP contribution is 2.24. The Kier molecular flexibility index (Phi) is 4.58. The summed E-state index contributed by atoms with van der Waals surface area (Å²) < 4.78 is 11.9. The summed E-state index contributed by atoms with van der Waals surface area (Å²) in [5.41, 5.74) is 1.17. The molecule has 2 heterocycles. The summed E-state index contributed by atoms with van der Waals surface area (Å²) in [5, 5.41) is 0. The number of hydrogen-bond donors (Lipinski definition) is 0. The summed E-state index contributed by atoms with van der Waals surface area (Å²) in [5.74, 6) is 0.734. The molecule has 1 saturated heterocycles. The van der Waals surface area contributed by atoms with Crippen molar-refractivity contribution < 1.29 is 9.47 Å². The van der Waals surface area contributed by atoms with E-state index in [2.05, 4.69) is 32.5 Å². The van der Waals surface area contributed by atoms with Gasteiger partial charge in [0.2, 0.25) is 5.88 Å². The van der Waals surface area contributed by atoms with Gasteiger partial charge in [-0.15, -0.1) is 0 Å². The van der Waals surface area contributed by atoms with Crippen molar-refractivity contribution in [2.24, 2.45) is 0 Å². The van der Waals surface area contributed by atoms with Crippen molar-refractivity contribution in [1.82, 2.24) is 9.88 Å².